The van der Waals surface area contributed by atoms with E-state index in [0.717, 1.165) is 86.0 Å². The lowest BCUT2D eigenvalue weighted by atomic mass is 9.90. The third-order valence-electron chi connectivity index (χ3n) is 11.4. The van der Waals surface area contributed by atoms with Crippen molar-refractivity contribution in [2.45, 2.75) is 71.5 Å². The maximum Gasteiger partial charge on any atom is 0.262 e. The van der Waals surface area contributed by atoms with Gasteiger partial charge in [0.25, 0.3) is 11.8 Å². The molecule has 57 heavy (non-hydrogen) atoms. The predicted molar refractivity (Wildman–Crippen MR) is 216 cm³/mol. The maximum absolute atomic E-state index is 13.5. The van der Waals surface area contributed by atoms with Crippen LogP contribution in [0.15, 0.2) is 65.8 Å². The molecule has 1 saturated carbocycles. The monoisotopic (exact) mass is 795 g/mol. The largest absolute Gasteiger partial charge is 0.299 e. The molecule has 0 radical (unpaired) electrons. The summed E-state index contributed by atoms with van der Waals surface area (Å²) in [7, 11) is 0. The first-order chi connectivity index (χ1) is 27.5. The predicted octanol–water partition coefficient (Wildman–Crippen LogP) is 6.66. The molecule has 2 amide bonds. The molecule has 1 aliphatic carbocycles. The molecule has 11 nitrogen and oxygen atoms in total. The molecule has 0 bridgehead atoms. The van der Waals surface area contributed by atoms with Crippen molar-refractivity contribution < 1.29 is 19.2 Å². The number of halogens is 1. The van der Waals surface area contributed by atoms with Crippen molar-refractivity contribution in [2.24, 2.45) is 10.9 Å². The summed E-state index contributed by atoms with van der Waals surface area (Å²) in [5, 5.41) is 10.5. The van der Waals surface area contributed by atoms with Gasteiger partial charge in [0.15, 0.2) is 11.6 Å². The van der Waals surface area contributed by atoms with Gasteiger partial charge in [-0.15, -0.1) is 21.5 Å². The normalized spacial score (nSPS) is 19.4. The number of hydrogen-bond acceptors (Lipinski definition) is 10. The number of Topliss-reactive ketones (excluding diaryl/α,β-unsaturated/α-hetero) is 2. The smallest absolute Gasteiger partial charge is 0.262 e. The van der Waals surface area contributed by atoms with Crippen LogP contribution in [0.25, 0.3) is 5.00 Å². The van der Waals surface area contributed by atoms with Crippen molar-refractivity contribution in [3.63, 3.8) is 0 Å². The molecule has 0 spiro atoms. The summed E-state index contributed by atoms with van der Waals surface area (Å²) in [5.41, 5.74) is 7.32. The van der Waals surface area contributed by atoms with Gasteiger partial charge in [-0.25, -0.2) is 4.98 Å². The highest BCUT2D eigenvalue weighted by Gasteiger charge is 2.45. The van der Waals surface area contributed by atoms with Gasteiger partial charge in [0.05, 0.1) is 34.2 Å². The lowest BCUT2D eigenvalue weighted by Gasteiger charge is -2.39. The molecular formula is C44H38ClN7O4S. The van der Waals surface area contributed by atoms with E-state index >= 15 is 0 Å². The second-order valence-electron chi connectivity index (χ2n) is 15.3. The first kappa shape index (κ1) is 37.0. The summed E-state index contributed by atoms with van der Waals surface area (Å²) < 4.78 is 2.10. The Morgan fingerprint density at radius 1 is 0.930 bits per heavy atom. The van der Waals surface area contributed by atoms with Gasteiger partial charge in [0, 0.05) is 48.4 Å². The van der Waals surface area contributed by atoms with Crippen LogP contribution in [0.4, 0.5) is 0 Å². The Bertz CT molecular complexity index is 2590. The lowest BCUT2D eigenvalue weighted by Crippen LogP contribution is -2.47. The molecule has 286 valence electrons. The van der Waals surface area contributed by atoms with Crippen LogP contribution in [0.3, 0.4) is 0 Å². The van der Waals surface area contributed by atoms with Crippen LogP contribution in [-0.2, 0) is 22.6 Å². The summed E-state index contributed by atoms with van der Waals surface area (Å²) in [6.07, 6.45) is 3.63. The number of likely N-dealkylation sites (tertiary alicyclic amines) is 1. The SMILES string of the molecule is Cc1c(C#Cc2ccc(CN3CC(CCc4cccc5c4C(=O)N(C4CCC(=O)CC4=O)C5=O)C3)cn2)sc2c1C(c1ccc(Cl)cc1)=N[C@@H](C)c1nnc(C)n1-2. The minimum atomic E-state index is -0.859. The maximum atomic E-state index is 13.5. The zero-order valence-corrected chi connectivity index (χ0v) is 33.3. The fourth-order valence-corrected chi connectivity index (χ4v) is 9.76. The van der Waals surface area contributed by atoms with Crippen molar-refractivity contribution in [3.05, 3.63) is 127 Å². The average Bonchev–Trinajstić information content (AvgIpc) is 3.78. The summed E-state index contributed by atoms with van der Waals surface area (Å²) in [5.74, 6) is 7.39. The number of hydrogen-bond donors (Lipinski definition) is 0. The Morgan fingerprint density at radius 2 is 1.74 bits per heavy atom. The molecule has 2 aromatic carbocycles. The number of benzene rings is 2. The first-order valence-corrected chi connectivity index (χ1v) is 20.4. The standard InChI is InChI=1S/C44H38ClN7O4S/c1-24-37(57-44-38(24)40(30-10-12-31(45)13-11-30)47-25(2)41-49-48-26(3)51(41)44)18-15-32-14-8-27(20-46-32)21-50-22-28(23-50)7-9-29-5-4-6-34-39(29)43(56)52(42(34)55)35-17-16-33(53)19-36(35)54/h4-6,8,10-14,20,25,28,35H,7,9,16-17,19,21-23H2,1-3H3/t25-,35?/m0/s1. The fourth-order valence-electron chi connectivity index (χ4n) is 8.41. The second-order valence-corrected chi connectivity index (χ2v) is 16.7. The number of thiophene rings is 1. The highest BCUT2D eigenvalue weighted by atomic mass is 35.5. The molecule has 1 saturated heterocycles. The Kier molecular flexibility index (Phi) is 9.55. The highest BCUT2D eigenvalue weighted by molar-refractivity contribution is 7.15. The van der Waals surface area contributed by atoms with Crippen molar-refractivity contribution >= 4 is 52.0 Å². The number of aromatic nitrogens is 4. The minimum Gasteiger partial charge on any atom is -0.299 e. The van der Waals surface area contributed by atoms with Gasteiger partial charge in [-0.05, 0) is 98.7 Å². The number of fused-ring (bicyclic) bond motifs is 4. The van der Waals surface area contributed by atoms with Crippen LogP contribution in [0.1, 0.15) is 109 Å². The topological polar surface area (TPSA) is 131 Å². The molecule has 2 fully saturated rings. The quantitative estimate of drug-likeness (QED) is 0.102. The minimum absolute atomic E-state index is 0.140. The van der Waals surface area contributed by atoms with E-state index in [1.165, 1.54) is 0 Å². The van der Waals surface area contributed by atoms with Crippen molar-refractivity contribution in [3.8, 4) is 16.8 Å². The number of nitrogens with zero attached hydrogens (tertiary/aromatic N) is 7. The van der Waals surface area contributed by atoms with E-state index < -0.39 is 17.9 Å². The van der Waals surface area contributed by atoms with E-state index in [1.54, 1.807) is 17.4 Å². The lowest BCUT2D eigenvalue weighted by molar-refractivity contribution is -0.132. The van der Waals surface area contributed by atoms with E-state index in [4.69, 9.17) is 16.6 Å². The zero-order chi connectivity index (χ0) is 39.5. The highest BCUT2D eigenvalue weighted by Crippen LogP contribution is 2.39. The average molecular weight is 796 g/mol. The van der Waals surface area contributed by atoms with Crippen molar-refractivity contribution in [2.75, 3.05) is 13.1 Å². The van der Waals surface area contributed by atoms with E-state index in [2.05, 4.69) is 49.5 Å². The number of pyridine rings is 1. The van der Waals surface area contributed by atoms with Crippen LogP contribution in [-0.4, -0.2) is 77.8 Å². The summed E-state index contributed by atoms with van der Waals surface area (Å²) in [6.45, 7) is 8.71. The number of imide groups is 1. The van der Waals surface area contributed by atoms with Crippen LogP contribution in [0, 0.1) is 31.6 Å². The molecule has 13 heteroatoms. The molecule has 4 aliphatic rings. The number of ketones is 2. The van der Waals surface area contributed by atoms with Gasteiger partial charge in [-0.3, -0.25) is 38.5 Å². The summed E-state index contributed by atoms with van der Waals surface area (Å²) >= 11 is 7.84. The zero-order valence-electron chi connectivity index (χ0n) is 31.7. The van der Waals surface area contributed by atoms with E-state index in [1.807, 2.05) is 62.5 Å². The van der Waals surface area contributed by atoms with Crippen LogP contribution >= 0.6 is 22.9 Å². The first-order valence-electron chi connectivity index (χ1n) is 19.2. The number of amides is 2. The van der Waals surface area contributed by atoms with Gasteiger partial charge < -0.3 is 0 Å². The fraction of sp³-hybridized carbons (Fsp3) is 0.318. The third kappa shape index (κ3) is 6.73. The molecule has 1 unspecified atom stereocenters. The van der Waals surface area contributed by atoms with Gasteiger partial charge in [0.1, 0.15) is 28.3 Å². The van der Waals surface area contributed by atoms with E-state index in [9.17, 15) is 19.2 Å². The second kappa shape index (κ2) is 14.7. The number of carbonyl (C=O) groups is 4. The Labute approximate surface area is 338 Å². The summed E-state index contributed by atoms with van der Waals surface area (Å²) in [4.78, 5) is 65.3. The summed E-state index contributed by atoms with van der Waals surface area (Å²) in [6, 6.07) is 16.1. The number of aliphatic imine (C=N–C) groups is 1. The molecular weight excluding hydrogens is 758 g/mol. The molecule has 6 heterocycles. The number of rotatable bonds is 7. The molecule has 9 rings (SSSR count). The van der Waals surface area contributed by atoms with Crippen LogP contribution < -0.4 is 0 Å². The third-order valence-corrected chi connectivity index (χ3v) is 12.9. The Balaban J connectivity index is 0.839. The molecule has 3 aliphatic heterocycles. The van der Waals surface area contributed by atoms with Crippen LogP contribution in [0.2, 0.25) is 5.02 Å². The molecule has 2 atom stereocenters. The van der Waals surface area contributed by atoms with Gasteiger partial charge in [-0.1, -0.05) is 41.9 Å². The van der Waals surface area contributed by atoms with Gasteiger partial charge in [0.2, 0.25) is 0 Å². The Morgan fingerprint density at radius 3 is 2.49 bits per heavy atom. The van der Waals surface area contributed by atoms with Crippen LogP contribution in [0.5, 0.6) is 0 Å². The molecule has 3 aromatic heterocycles. The van der Waals surface area contributed by atoms with Gasteiger partial charge in [-0.2, -0.15) is 0 Å². The number of aryl methyl sites for hydroxylation is 2. The van der Waals surface area contributed by atoms with Crippen molar-refractivity contribution in [1.82, 2.24) is 29.5 Å². The van der Waals surface area contributed by atoms with Crippen molar-refractivity contribution in [1.29, 1.82) is 0 Å². The van der Waals surface area contributed by atoms with E-state index in [0.29, 0.717) is 34.2 Å². The molecule has 5 aromatic rings. The number of carbonyl (C=O) groups excluding carboxylic acids is 4. The van der Waals surface area contributed by atoms with Gasteiger partial charge >= 0.3 is 0 Å². The molecule has 0 N–H and O–H groups in total. The van der Waals surface area contributed by atoms with E-state index in [-0.39, 0.29) is 36.9 Å². The Hall–Kier alpha value is -5.61.